The summed E-state index contributed by atoms with van der Waals surface area (Å²) in [6.07, 6.45) is 3.51. The molecule has 0 aliphatic carbocycles. The van der Waals surface area contributed by atoms with Crippen molar-refractivity contribution in [3.63, 3.8) is 0 Å². The molecule has 7 heteroatoms. The van der Waals surface area contributed by atoms with Crippen molar-refractivity contribution in [2.24, 2.45) is 0 Å². The molecule has 22 heavy (non-hydrogen) atoms. The van der Waals surface area contributed by atoms with E-state index in [0.717, 1.165) is 6.08 Å². The summed E-state index contributed by atoms with van der Waals surface area (Å²) in [6.45, 7) is 0. The van der Waals surface area contributed by atoms with Crippen molar-refractivity contribution in [2.75, 3.05) is 0 Å². The number of aromatic amines is 1. The topological polar surface area (TPSA) is 92.0 Å². The molecule has 6 nitrogen and oxygen atoms in total. The van der Waals surface area contributed by atoms with Crippen LogP contribution in [0.5, 0.6) is 0 Å². The number of hydrogen-bond acceptors (Lipinski definition) is 5. The van der Waals surface area contributed by atoms with Crippen molar-refractivity contribution in [3.8, 4) is 11.3 Å². The lowest BCUT2D eigenvalue weighted by Gasteiger charge is -2.01. The number of aliphatic hydroxyl groups excluding tert-OH is 1. The van der Waals surface area contributed by atoms with E-state index in [2.05, 4.69) is 15.2 Å². The first-order valence-electron chi connectivity index (χ1n) is 6.30. The van der Waals surface area contributed by atoms with Crippen LogP contribution in [0.15, 0.2) is 53.4 Å². The Kier molecular flexibility index (Phi) is 3.53. The number of halogens is 1. The number of nitrogens with zero attached hydrogens (tertiary/aromatic N) is 2. The minimum atomic E-state index is -0.547. The van der Waals surface area contributed by atoms with Gasteiger partial charge in [-0.3, -0.25) is 9.89 Å². The second-order valence-corrected chi connectivity index (χ2v) is 4.36. The Balaban J connectivity index is 1.97. The standard InChI is InChI=1S/C15H10FN3O3/c16-11-4-2-1-3-9(11)14-10(5-6-22-14)12(20)7-13(21)15-17-8-18-19-15/h1-8,21H,(H,17,18,19). The molecule has 110 valence electrons. The number of furan rings is 1. The third-order valence-corrected chi connectivity index (χ3v) is 2.96. The summed E-state index contributed by atoms with van der Waals surface area (Å²) >= 11 is 0. The van der Waals surface area contributed by atoms with Gasteiger partial charge in [-0.25, -0.2) is 9.37 Å². The molecule has 3 aromatic rings. The molecule has 2 heterocycles. The van der Waals surface area contributed by atoms with Crippen LogP contribution in [0.4, 0.5) is 4.39 Å². The molecule has 0 saturated heterocycles. The first-order valence-corrected chi connectivity index (χ1v) is 6.30. The Morgan fingerprint density at radius 3 is 2.86 bits per heavy atom. The van der Waals surface area contributed by atoms with E-state index in [9.17, 15) is 14.3 Å². The molecule has 3 rings (SSSR count). The molecule has 0 bridgehead atoms. The van der Waals surface area contributed by atoms with Crippen LogP contribution in [0, 0.1) is 5.82 Å². The maximum atomic E-state index is 13.8. The third kappa shape index (κ3) is 2.51. The van der Waals surface area contributed by atoms with Crippen molar-refractivity contribution in [2.45, 2.75) is 0 Å². The molecule has 2 aromatic heterocycles. The number of rotatable bonds is 4. The number of hydrogen-bond donors (Lipinski definition) is 2. The molecule has 0 saturated carbocycles. The summed E-state index contributed by atoms with van der Waals surface area (Å²) in [5.41, 5.74) is 0.300. The highest BCUT2D eigenvalue weighted by Crippen LogP contribution is 2.28. The Hall–Kier alpha value is -3.22. The van der Waals surface area contributed by atoms with Crippen molar-refractivity contribution >= 4 is 11.5 Å². The van der Waals surface area contributed by atoms with Crippen molar-refractivity contribution in [1.29, 1.82) is 0 Å². The fourth-order valence-electron chi connectivity index (χ4n) is 1.96. The smallest absolute Gasteiger partial charge is 0.215 e. The molecule has 0 aliphatic heterocycles. The first-order chi connectivity index (χ1) is 10.7. The van der Waals surface area contributed by atoms with Gasteiger partial charge in [0.05, 0.1) is 17.4 Å². The molecule has 0 spiro atoms. The summed E-state index contributed by atoms with van der Waals surface area (Å²) in [6, 6.07) is 7.36. The monoisotopic (exact) mass is 299 g/mol. The zero-order valence-corrected chi connectivity index (χ0v) is 11.2. The van der Waals surface area contributed by atoms with Gasteiger partial charge in [-0.1, -0.05) is 12.1 Å². The van der Waals surface area contributed by atoms with E-state index in [4.69, 9.17) is 4.42 Å². The predicted molar refractivity (Wildman–Crippen MR) is 75.4 cm³/mol. The number of benzene rings is 1. The van der Waals surface area contributed by atoms with E-state index in [1.54, 1.807) is 6.07 Å². The normalized spacial score (nSPS) is 11.6. The zero-order chi connectivity index (χ0) is 15.5. The van der Waals surface area contributed by atoms with Gasteiger partial charge >= 0.3 is 0 Å². The minimum absolute atomic E-state index is 0.00992. The van der Waals surface area contributed by atoms with Gasteiger partial charge in [0.15, 0.2) is 11.5 Å². The number of allylic oxidation sites excluding steroid dienone is 1. The lowest BCUT2D eigenvalue weighted by molar-refractivity contribution is 0.104. The van der Waals surface area contributed by atoms with Gasteiger partial charge in [0.25, 0.3) is 0 Å². The second kappa shape index (κ2) is 5.65. The number of carbonyl (C=O) groups is 1. The molecular formula is C15H10FN3O3. The fraction of sp³-hybridized carbons (Fsp3) is 0. The highest BCUT2D eigenvalue weighted by molar-refractivity contribution is 6.10. The van der Waals surface area contributed by atoms with E-state index in [0.29, 0.717) is 0 Å². The van der Waals surface area contributed by atoms with Gasteiger partial charge in [0, 0.05) is 6.08 Å². The highest BCUT2D eigenvalue weighted by Gasteiger charge is 2.18. The molecule has 2 N–H and O–H groups in total. The molecule has 1 aromatic carbocycles. The van der Waals surface area contributed by atoms with Crippen LogP contribution in [-0.2, 0) is 0 Å². The van der Waals surface area contributed by atoms with Gasteiger partial charge < -0.3 is 9.52 Å². The van der Waals surface area contributed by atoms with Gasteiger partial charge in [-0.05, 0) is 18.2 Å². The molecule has 0 aliphatic rings. The van der Waals surface area contributed by atoms with Crippen LogP contribution in [0.1, 0.15) is 16.2 Å². The lowest BCUT2D eigenvalue weighted by Crippen LogP contribution is -1.98. The van der Waals surface area contributed by atoms with E-state index >= 15 is 0 Å². The highest BCUT2D eigenvalue weighted by atomic mass is 19.1. The van der Waals surface area contributed by atoms with Crippen molar-refractivity contribution in [1.82, 2.24) is 15.2 Å². The summed E-state index contributed by atoms with van der Waals surface area (Å²) < 4.78 is 19.0. The Bertz CT molecular complexity index is 837. The third-order valence-electron chi connectivity index (χ3n) is 2.96. The van der Waals surface area contributed by atoms with Crippen LogP contribution in [0.25, 0.3) is 17.1 Å². The maximum absolute atomic E-state index is 13.8. The lowest BCUT2D eigenvalue weighted by atomic mass is 10.0. The Morgan fingerprint density at radius 2 is 2.14 bits per heavy atom. The number of H-pyrrole nitrogens is 1. The molecule has 0 atom stereocenters. The van der Waals surface area contributed by atoms with Crippen LogP contribution < -0.4 is 0 Å². The predicted octanol–water partition coefficient (Wildman–Crippen LogP) is 2.99. The summed E-state index contributed by atoms with van der Waals surface area (Å²) in [5.74, 6) is -1.36. The average Bonchev–Trinajstić information content (AvgIpc) is 3.19. The first kappa shape index (κ1) is 13.7. The fourth-order valence-corrected chi connectivity index (χ4v) is 1.96. The molecule has 0 unspecified atom stereocenters. The van der Waals surface area contributed by atoms with E-state index in [-0.39, 0.29) is 22.7 Å². The molecular weight excluding hydrogens is 289 g/mol. The van der Waals surface area contributed by atoms with Crippen LogP contribution >= 0.6 is 0 Å². The Morgan fingerprint density at radius 1 is 1.32 bits per heavy atom. The van der Waals surface area contributed by atoms with Crippen LogP contribution in [-0.4, -0.2) is 26.1 Å². The van der Waals surface area contributed by atoms with E-state index in [1.807, 2.05) is 0 Å². The summed E-state index contributed by atoms with van der Waals surface area (Å²) in [7, 11) is 0. The van der Waals surface area contributed by atoms with E-state index < -0.39 is 17.4 Å². The largest absolute Gasteiger partial charge is 0.504 e. The number of nitrogens with one attached hydrogen (secondary N) is 1. The molecule has 0 radical (unpaired) electrons. The van der Waals surface area contributed by atoms with Gasteiger partial charge in [0.1, 0.15) is 17.9 Å². The average molecular weight is 299 g/mol. The summed E-state index contributed by atoms with van der Waals surface area (Å²) in [4.78, 5) is 16.0. The van der Waals surface area contributed by atoms with Gasteiger partial charge in [0.2, 0.25) is 5.82 Å². The summed E-state index contributed by atoms with van der Waals surface area (Å²) in [5, 5.41) is 15.9. The number of aromatic nitrogens is 3. The maximum Gasteiger partial charge on any atom is 0.215 e. The SMILES string of the molecule is O=C(C=C(O)c1nc[nH]n1)c1ccoc1-c1ccccc1F. The number of ketones is 1. The minimum Gasteiger partial charge on any atom is -0.504 e. The zero-order valence-electron chi connectivity index (χ0n) is 11.2. The Labute approximate surface area is 123 Å². The van der Waals surface area contributed by atoms with Gasteiger partial charge in [-0.15, -0.1) is 0 Å². The molecule has 0 fully saturated rings. The van der Waals surface area contributed by atoms with Gasteiger partial charge in [-0.2, -0.15) is 5.10 Å². The quantitative estimate of drug-likeness (QED) is 0.439. The van der Waals surface area contributed by atoms with E-state index in [1.165, 1.54) is 36.9 Å². The molecule has 0 amide bonds. The van der Waals surface area contributed by atoms with Crippen molar-refractivity contribution in [3.05, 3.63) is 66.2 Å². The second-order valence-electron chi connectivity index (χ2n) is 4.36. The number of aliphatic hydroxyl groups is 1. The number of carbonyl (C=O) groups excluding carboxylic acids is 1. The van der Waals surface area contributed by atoms with Crippen LogP contribution in [0.3, 0.4) is 0 Å². The van der Waals surface area contributed by atoms with Crippen molar-refractivity contribution < 1.29 is 18.7 Å². The van der Waals surface area contributed by atoms with Crippen LogP contribution in [0.2, 0.25) is 0 Å².